The van der Waals surface area contributed by atoms with Crippen LogP contribution in [0.15, 0.2) is 30.7 Å². The molecule has 26 heavy (non-hydrogen) atoms. The van der Waals surface area contributed by atoms with Crippen molar-refractivity contribution >= 4 is 5.91 Å². The quantitative estimate of drug-likeness (QED) is 0.817. The fourth-order valence-corrected chi connectivity index (χ4v) is 3.47. The Balaban J connectivity index is 1.48. The lowest BCUT2D eigenvalue weighted by Crippen LogP contribution is -2.36. The Morgan fingerprint density at radius 3 is 3.08 bits per heavy atom. The SMILES string of the molecule is CCOCC1CN(C(=O)Cc2ccc3c(c2)OCO3)Cc2cncn2C1. The van der Waals surface area contributed by atoms with E-state index in [9.17, 15) is 4.79 Å². The smallest absolute Gasteiger partial charge is 0.231 e. The number of ether oxygens (including phenoxy) is 3. The molecular weight excluding hydrogens is 334 g/mol. The minimum Gasteiger partial charge on any atom is -0.454 e. The van der Waals surface area contributed by atoms with Crippen LogP contribution in [0.4, 0.5) is 0 Å². The number of rotatable bonds is 5. The number of benzene rings is 1. The van der Waals surface area contributed by atoms with Crippen LogP contribution in [0.1, 0.15) is 18.2 Å². The van der Waals surface area contributed by atoms with Crippen molar-refractivity contribution in [1.29, 1.82) is 0 Å². The van der Waals surface area contributed by atoms with Gasteiger partial charge in [0.1, 0.15) is 0 Å². The Morgan fingerprint density at radius 1 is 1.31 bits per heavy atom. The Labute approximate surface area is 152 Å². The number of imidazole rings is 1. The lowest BCUT2D eigenvalue weighted by atomic mass is 10.1. The van der Waals surface area contributed by atoms with E-state index in [-0.39, 0.29) is 18.6 Å². The van der Waals surface area contributed by atoms with Gasteiger partial charge in [0.2, 0.25) is 12.7 Å². The summed E-state index contributed by atoms with van der Waals surface area (Å²) in [4.78, 5) is 19.1. The highest BCUT2D eigenvalue weighted by molar-refractivity contribution is 5.79. The molecular formula is C19H23N3O4. The molecule has 2 aliphatic rings. The van der Waals surface area contributed by atoms with Gasteiger partial charge >= 0.3 is 0 Å². The third-order valence-electron chi connectivity index (χ3n) is 4.79. The molecule has 0 aliphatic carbocycles. The average molecular weight is 357 g/mol. The molecule has 1 aromatic carbocycles. The fourth-order valence-electron chi connectivity index (χ4n) is 3.47. The van der Waals surface area contributed by atoms with Gasteiger partial charge in [0.05, 0.1) is 31.6 Å². The van der Waals surface area contributed by atoms with E-state index >= 15 is 0 Å². The van der Waals surface area contributed by atoms with Crippen LogP contribution in [0.3, 0.4) is 0 Å². The third kappa shape index (κ3) is 3.53. The van der Waals surface area contributed by atoms with E-state index in [0.29, 0.717) is 38.5 Å². The van der Waals surface area contributed by atoms with Crippen LogP contribution in [0.2, 0.25) is 0 Å². The van der Waals surface area contributed by atoms with Crippen LogP contribution in [-0.4, -0.2) is 46.9 Å². The van der Waals surface area contributed by atoms with Crippen molar-refractivity contribution in [3.63, 3.8) is 0 Å². The summed E-state index contributed by atoms with van der Waals surface area (Å²) in [6.07, 6.45) is 4.01. The van der Waals surface area contributed by atoms with Crippen molar-refractivity contribution in [2.75, 3.05) is 26.6 Å². The summed E-state index contributed by atoms with van der Waals surface area (Å²) in [5.74, 6) is 1.79. The molecule has 1 atom stereocenters. The molecule has 0 spiro atoms. The van der Waals surface area contributed by atoms with E-state index in [1.165, 1.54) is 0 Å². The highest BCUT2D eigenvalue weighted by Gasteiger charge is 2.26. The first-order chi connectivity index (χ1) is 12.7. The molecule has 0 saturated carbocycles. The highest BCUT2D eigenvalue weighted by atomic mass is 16.7. The van der Waals surface area contributed by atoms with Crippen molar-refractivity contribution in [3.8, 4) is 11.5 Å². The Morgan fingerprint density at radius 2 is 2.19 bits per heavy atom. The number of nitrogens with zero attached hydrogens (tertiary/aromatic N) is 3. The molecule has 1 aromatic heterocycles. The van der Waals surface area contributed by atoms with E-state index < -0.39 is 0 Å². The topological polar surface area (TPSA) is 65.8 Å². The molecule has 7 heteroatoms. The largest absolute Gasteiger partial charge is 0.454 e. The van der Waals surface area contributed by atoms with Crippen LogP contribution < -0.4 is 9.47 Å². The van der Waals surface area contributed by atoms with E-state index in [1.54, 1.807) is 0 Å². The first-order valence-electron chi connectivity index (χ1n) is 8.96. The molecule has 1 unspecified atom stereocenters. The number of carbonyl (C=O) groups excluding carboxylic acids is 1. The predicted octanol–water partition coefficient (Wildman–Crippen LogP) is 1.85. The van der Waals surface area contributed by atoms with Gasteiger partial charge in [0.25, 0.3) is 0 Å². The molecule has 2 aliphatic heterocycles. The van der Waals surface area contributed by atoms with Crippen molar-refractivity contribution in [2.24, 2.45) is 5.92 Å². The third-order valence-corrected chi connectivity index (χ3v) is 4.79. The van der Waals surface area contributed by atoms with Crippen LogP contribution >= 0.6 is 0 Å². The molecule has 0 saturated heterocycles. The van der Waals surface area contributed by atoms with Gasteiger partial charge in [-0.05, 0) is 24.6 Å². The summed E-state index contributed by atoms with van der Waals surface area (Å²) in [6, 6.07) is 5.67. The first kappa shape index (κ1) is 16.9. The lowest BCUT2D eigenvalue weighted by Gasteiger charge is -2.24. The summed E-state index contributed by atoms with van der Waals surface area (Å²) in [7, 11) is 0. The van der Waals surface area contributed by atoms with Crippen LogP contribution in [-0.2, 0) is 29.0 Å². The van der Waals surface area contributed by atoms with Crippen LogP contribution in [0.25, 0.3) is 0 Å². The molecule has 4 rings (SSSR count). The molecule has 2 aromatic rings. The van der Waals surface area contributed by atoms with E-state index in [1.807, 2.05) is 42.5 Å². The van der Waals surface area contributed by atoms with Gasteiger partial charge in [-0.25, -0.2) is 4.98 Å². The van der Waals surface area contributed by atoms with Gasteiger partial charge in [0, 0.05) is 31.8 Å². The predicted molar refractivity (Wildman–Crippen MR) is 93.9 cm³/mol. The second kappa shape index (κ2) is 7.37. The zero-order chi connectivity index (χ0) is 17.9. The molecule has 138 valence electrons. The number of hydrogen-bond acceptors (Lipinski definition) is 5. The molecule has 7 nitrogen and oxygen atoms in total. The molecule has 3 heterocycles. The highest BCUT2D eigenvalue weighted by Crippen LogP contribution is 2.32. The Bertz CT molecular complexity index is 789. The van der Waals surface area contributed by atoms with Gasteiger partial charge in [-0.1, -0.05) is 6.07 Å². The minimum absolute atomic E-state index is 0.0972. The number of hydrogen-bond donors (Lipinski definition) is 0. The van der Waals surface area contributed by atoms with E-state index in [2.05, 4.69) is 9.55 Å². The second-order valence-corrected chi connectivity index (χ2v) is 6.70. The van der Waals surface area contributed by atoms with Crippen LogP contribution in [0.5, 0.6) is 11.5 Å². The summed E-state index contributed by atoms with van der Waals surface area (Å²) >= 11 is 0. The van der Waals surface area contributed by atoms with Gasteiger partial charge < -0.3 is 23.7 Å². The summed E-state index contributed by atoms with van der Waals surface area (Å²) in [5.41, 5.74) is 1.99. The minimum atomic E-state index is 0.0972. The van der Waals surface area contributed by atoms with Gasteiger partial charge in [-0.3, -0.25) is 4.79 Å². The van der Waals surface area contributed by atoms with E-state index in [4.69, 9.17) is 14.2 Å². The number of fused-ring (bicyclic) bond motifs is 2. The maximum absolute atomic E-state index is 13.0. The van der Waals surface area contributed by atoms with Crippen molar-refractivity contribution in [1.82, 2.24) is 14.5 Å². The van der Waals surface area contributed by atoms with E-state index in [0.717, 1.165) is 23.6 Å². The number of aromatic nitrogens is 2. The van der Waals surface area contributed by atoms with Crippen molar-refractivity contribution in [2.45, 2.75) is 26.4 Å². The van der Waals surface area contributed by atoms with Crippen LogP contribution in [0, 0.1) is 5.92 Å². The standard InChI is InChI=1S/C19H23N3O4/c1-2-24-11-15-8-21(10-16-7-20-12-22(16)9-15)19(23)6-14-3-4-17-18(5-14)26-13-25-17/h3-5,7,12,15H,2,6,8-11,13H2,1H3. The summed E-state index contributed by atoms with van der Waals surface area (Å²) < 4.78 is 18.5. The zero-order valence-electron chi connectivity index (χ0n) is 14.9. The molecule has 0 radical (unpaired) electrons. The zero-order valence-corrected chi connectivity index (χ0v) is 14.9. The monoisotopic (exact) mass is 357 g/mol. The summed E-state index contributed by atoms with van der Waals surface area (Å²) in [5, 5.41) is 0. The number of carbonyl (C=O) groups is 1. The Hall–Kier alpha value is -2.54. The average Bonchev–Trinajstić information content (AvgIpc) is 3.24. The molecule has 0 fully saturated rings. The maximum atomic E-state index is 13.0. The first-order valence-corrected chi connectivity index (χ1v) is 8.96. The Kier molecular flexibility index (Phi) is 4.79. The molecule has 0 bridgehead atoms. The lowest BCUT2D eigenvalue weighted by molar-refractivity contribution is -0.131. The van der Waals surface area contributed by atoms with Gasteiger partial charge in [-0.15, -0.1) is 0 Å². The van der Waals surface area contributed by atoms with Crippen molar-refractivity contribution < 1.29 is 19.0 Å². The number of amides is 1. The molecule has 1 amide bonds. The normalized spacial score (nSPS) is 18.5. The second-order valence-electron chi connectivity index (χ2n) is 6.70. The maximum Gasteiger partial charge on any atom is 0.231 e. The molecule has 0 N–H and O–H groups in total. The van der Waals surface area contributed by atoms with Crippen molar-refractivity contribution in [3.05, 3.63) is 42.0 Å². The fraction of sp³-hybridized carbons (Fsp3) is 0.474. The van der Waals surface area contributed by atoms with Gasteiger partial charge in [0.15, 0.2) is 11.5 Å². The van der Waals surface area contributed by atoms with Gasteiger partial charge in [-0.2, -0.15) is 0 Å². The summed E-state index contributed by atoms with van der Waals surface area (Å²) in [6.45, 7) is 5.63.